The molecule has 4 aromatic carbocycles. The second kappa shape index (κ2) is 8.02. The van der Waals surface area contributed by atoms with Crippen LogP contribution in [0.5, 0.6) is 0 Å². The maximum absolute atomic E-state index is 14.7. The Balaban J connectivity index is 1.75. The SMILES string of the molecule is NC(=O)c1cccc2c1c1ccc(-c3ccccc3)cc1n2Cc1ccc(C(F)(F)F)cc1F. The number of alkyl halides is 3. The summed E-state index contributed by atoms with van der Waals surface area (Å²) in [6, 6.07) is 23.0. The molecule has 0 bridgehead atoms. The molecular weight excluding hydrogens is 444 g/mol. The second-order valence-corrected chi connectivity index (χ2v) is 8.05. The van der Waals surface area contributed by atoms with E-state index in [-0.39, 0.29) is 12.1 Å². The topological polar surface area (TPSA) is 48.0 Å². The van der Waals surface area contributed by atoms with Gasteiger partial charge in [-0.15, -0.1) is 0 Å². The number of benzene rings is 4. The minimum absolute atomic E-state index is 0.0234. The van der Waals surface area contributed by atoms with Crippen LogP contribution < -0.4 is 5.73 Å². The third-order valence-corrected chi connectivity index (χ3v) is 5.97. The molecule has 0 fully saturated rings. The van der Waals surface area contributed by atoms with Gasteiger partial charge in [0.15, 0.2) is 0 Å². The zero-order valence-electron chi connectivity index (χ0n) is 17.7. The quantitative estimate of drug-likeness (QED) is 0.295. The Morgan fingerprint density at radius 2 is 1.59 bits per heavy atom. The van der Waals surface area contributed by atoms with Gasteiger partial charge in [-0.1, -0.05) is 54.6 Å². The maximum Gasteiger partial charge on any atom is 0.416 e. The lowest BCUT2D eigenvalue weighted by molar-refractivity contribution is -0.137. The summed E-state index contributed by atoms with van der Waals surface area (Å²) in [5.74, 6) is -1.55. The highest BCUT2D eigenvalue weighted by Crippen LogP contribution is 2.36. The van der Waals surface area contributed by atoms with Crippen LogP contribution in [0.1, 0.15) is 21.5 Å². The first-order valence-electron chi connectivity index (χ1n) is 10.5. The highest BCUT2D eigenvalue weighted by molar-refractivity contribution is 6.18. The van der Waals surface area contributed by atoms with Gasteiger partial charge in [0.2, 0.25) is 5.91 Å². The zero-order chi connectivity index (χ0) is 24.0. The molecule has 2 N–H and O–H groups in total. The van der Waals surface area contributed by atoms with E-state index in [0.717, 1.165) is 28.6 Å². The fraction of sp³-hybridized carbons (Fsp3) is 0.0741. The lowest BCUT2D eigenvalue weighted by atomic mass is 10.0. The van der Waals surface area contributed by atoms with Gasteiger partial charge < -0.3 is 10.3 Å². The summed E-state index contributed by atoms with van der Waals surface area (Å²) in [6.45, 7) is -0.0234. The molecule has 0 spiro atoms. The van der Waals surface area contributed by atoms with Crippen LogP contribution in [0.3, 0.4) is 0 Å². The van der Waals surface area contributed by atoms with Gasteiger partial charge >= 0.3 is 6.18 Å². The van der Waals surface area contributed by atoms with Gasteiger partial charge in [0, 0.05) is 21.9 Å². The second-order valence-electron chi connectivity index (χ2n) is 8.05. The third-order valence-electron chi connectivity index (χ3n) is 5.97. The number of amides is 1. The van der Waals surface area contributed by atoms with Crippen molar-refractivity contribution in [3.8, 4) is 11.1 Å². The molecule has 5 aromatic rings. The van der Waals surface area contributed by atoms with Crippen LogP contribution in [-0.2, 0) is 12.7 Å². The van der Waals surface area contributed by atoms with Crippen LogP contribution in [0, 0.1) is 5.82 Å². The van der Waals surface area contributed by atoms with Crippen molar-refractivity contribution < 1.29 is 22.4 Å². The monoisotopic (exact) mass is 462 g/mol. The highest BCUT2D eigenvalue weighted by atomic mass is 19.4. The Hall–Kier alpha value is -4.13. The van der Waals surface area contributed by atoms with E-state index < -0.39 is 23.5 Å². The molecule has 7 heteroatoms. The van der Waals surface area contributed by atoms with Crippen molar-refractivity contribution in [1.29, 1.82) is 0 Å². The van der Waals surface area contributed by atoms with Gasteiger partial charge in [-0.2, -0.15) is 13.2 Å². The summed E-state index contributed by atoms with van der Waals surface area (Å²) >= 11 is 0. The molecule has 5 rings (SSSR count). The van der Waals surface area contributed by atoms with Crippen LogP contribution in [0.15, 0.2) is 84.9 Å². The predicted molar refractivity (Wildman–Crippen MR) is 124 cm³/mol. The highest BCUT2D eigenvalue weighted by Gasteiger charge is 2.31. The molecule has 170 valence electrons. The van der Waals surface area contributed by atoms with Crippen molar-refractivity contribution in [2.75, 3.05) is 0 Å². The lowest BCUT2D eigenvalue weighted by Gasteiger charge is -2.12. The van der Waals surface area contributed by atoms with Crippen LogP contribution in [0.2, 0.25) is 0 Å². The van der Waals surface area contributed by atoms with Crippen molar-refractivity contribution in [3.05, 3.63) is 107 Å². The number of carbonyl (C=O) groups excluding carboxylic acids is 1. The molecule has 0 aliphatic rings. The molecule has 1 heterocycles. The van der Waals surface area contributed by atoms with Gasteiger partial charge in [0.1, 0.15) is 5.82 Å². The standard InChI is InChI=1S/C27H18F4N2O/c28-22-14-19(27(29,30)31)11-9-18(22)15-33-23-8-4-7-21(26(32)34)25(23)20-12-10-17(13-24(20)33)16-5-2-1-3-6-16/h1-14H,15H2,(H2,32,34). The Morgan fingerprint density at radius 3 is 2.26 bits per heavy atom. The van der Waals surface area contributed by atoms with Crippen LogP contribution in [0.4, 0.5) is 17.6 Å². The molecule has 0 atom stereocenters. The van der Waals surface area contributed by atoms with Crippen LogP contribution in [0.25, 0.3) is 32.9 Å². The van der Waals surface area contributed by atoms with E-state index in [2.05, 4.69) is 0 Å². The third kappa shape index (κ3) is 3.69. The first-order chi connectivity index (χ1) is 16.2. The number of carbonyl (C=O) groups is 1. The van der Waals surface area contributed by atoms with Gasteiger partial charge in [-0.25, -0.2) is 4.39 Å². The Morgan fingerprint density at radius 1 is 0.824 bits per heavy atom. The van der Waals surface area contributed by atoms with Crippen molar-refractivity contribution in [3.63, 3.8) is 0 Å². The average Bonchev–Trinajstić information content (AvgIpc) is 3.13. The number of hydrogen-bond acceptors (Lipinski definition) is 1. The fourth-order valence-electron chi connectivity index (χ4n) is 4.35. The van der Waals surface area contributed by atoms with E-state index in [9.17, 15) is 22.4 Å². The van der Waals surface area contributed by atoms with E-state index in [1.165, 1.54) is 0 Å². The van der Waals surface area contributed by atoms with E-state index in [4.69, 9.17) is 5.73 Å². The predicted octanol–water partition coefficient (Wildman–Crippen LogP) is 6.77. The Labute approximate surface area is 192 Å². The van der Waals surface area contributed by atoms with Crippen LogP contribution in [-0.4, -0.2) is 10.5 Å². The summed E-state index contributed by atoms with van der Waals surface area (Å²) in [4.78, 5) is 12.1. The van der Waals surface area contributed by atoms with Crippen molar-refractivity contribution in [2.24, 2.45) is 5.73 Å². The minimum Gasteiger partial charge on any atom is -0.366 e. The number of rotatable bonds is 4. The first-order valence-corrected chi connectivity index (χ1v) is 10.5. The number of aromatic nitrogens is 1. The molecule has 0 unspecified atom stereocenters. The van der Waals surface area contributed by atoms with E-state index in [1.807, 2.05) is 48.5 Å². The van der Waals surface area contributed by atoms with Crippen molar-refractivity contribution >= 4 is 27.7 Å². The van der Waals surface area contributed by atoms with E-state index in [1.54, 1.807) is 22.8 Å². The number of primary amides is 1. The Kier molecular flexibility index (Phi) is 5.12. The zero-order valence-corrected chi connectivity index (χ0v) is 17.7. The van der Waals surface area contributed by atoms with Gasteiger partial charge in [-0.05, 0) is 41.5 Å². The van der Waals surface area contributed by atoms with Gasteiger partial charge in [0.25, 0.3) is 0 Å². The lowest BCUT2D eigenvalue weighted by Crippen LogP contribution is -2.11. The summed E-state index contributed by atoms with van der Waals surface area (Å²) in [6.07, 6.45) is -4.63. The largest absolute Gasteiger partial charge is 0.416 e. The molecule has 0 aliphatic heterocycles. The summed E-state index contributed by atoms with van der Waals surface area (Å²) < 4.78 is 55.5. The Bertz CT molecular complexity index is 1550. The minimum atomic E-state index is -4.63. The fourth-order valence-corrected chi connectivity index (χ4v) is 4.35. The molecule has 0 aliphatic carbocycles. The molecule has 34 heavy (non-hydrogen) atoms. The van der Waals surface area contributed by atoms with Crippen molar-refractivity contribution in [2.45, 2.75) is 12.7 Å². The summed E-state index contributed by atoms with van der Waals surface area (Å²) in [5.41, 5.74) is 8.22. The summed E-state index contributed by atoms with van der Waals surface area (Å²) in [5, 5.41) is 1.37. The number of nitrogens with two attached hydrogens (primary N) is 1. The number of nitrogens with zero attached hydrogens (tertiary/aromatic N) is 1. The first kappa shape index (κ1) is 21.7. The normalized spacial score (nSPS) is 11.9. The number of hydrogen-bond donors (Lipinski definition) is 1. The molecular formula is C27H18F4N2O. The van der Waals surface area contributed by atoms with E-state index in [0.29, 0.717) is 28.0 Å². The average molecular weight is 462 g/mol. The molecule has 3 nitrogen and oxygen atoms in total. The van der Waals surface area contributed by atoms with E-state index >= 15 is 0 Å². The maximum atomic E-state index is 14.7. The summed E-state index contributed by atoms with van der Waals surface area (Å²) in [7, 11) is 0. The number of fused-ring (bicyclic) bond motifs is 3. The molecule has 0 saturated heterocycles. The smallest absolute Gasteiger partial charge is 0.366 e. The number of halogens is 4. The van der Waals surface area contributed by atoms with Gasteiger partial charge in [0.05, 0.1) is 23.1 Å². The molecule has 0 saturated carbocycles. The molecule has 1 amide bonds. The van der Waals surface area contributed by atoms with Gasteiger partial charge in [-0.3, -0.25) is 4.79 Å². The van der Waals surface area contributed by atoms with Crippen LogP contribution >= 0.6 is 0 Å². The molecule has 0 radical (unpaired) electrons. The molecule has 1 aromatic heterocycles. The van der Waals surface area contributed by atoms with Crippen molar-refractivity contribution in [1.82, 2.24) is 4.57 Å².